The van der Waals surface area contributed by atoms with Gasteiger partial charge in [0.05, 0.1) is 15.5 Å². The van der Waals surface area contributed by atoms with Gasteiger partial charge in [0.25, 0.3) is 5.91 Å². The van der Waals surface area contributed by atoms with Crippen LogP contribution in [-0.2, 0) is 10.0 Å². The molecule has 144 valence electrons. The first-order chi connectivity index (χ1) is 12.4. The second kappa shape index (κ2) is 8.25. The third kappa shape index (κ3) is 4.22. The smallest absolute Gasteiger partial charge is 0.255 e. The van der Waals surface area contributed by atoms with E-state index >= 15 is 0 Å². The molecule has 8 heteroatoms. The summed E-state index contributed by atoms with van der Waals surface area (Å²) in [4.78, 5) is 16.9. The number of piperazine rings is 1. The fourth-order valence-corrected chi connectivity index (χ4v) is 5.10. The zero-order valence-electron chi connectivity index (χ0n) is 15.2. The lowest BCUT2D eigenvalue weighted by Crippen LogP contribution is -2.47. The zero-order chi connectivity index (χ0) is 18.7. The van der Waals surface area contributed by atoms with Gasteiger partial charge in [-0.1, -0.05) is 24.4 Å². The van der Waals surface area contributed by atoms with Crippen molar-refractivity contribution in [3.63, 3.8) is 0 Å². The molecule has 1 aromatic carbocycles. The topological polar surface area (TPSA) is 60.9 Å². The minimum Gasteiger partial charge on any atom is -0.339 e. The van der Waals surface area contributed by atoms with Gasteiger partial charge in [0, 0.05) is 39.3 Å². The van der Waals surface area contributed by atoms with Crippen LogP contribution in [0.3, 0.4) is 0 Å². The molecule has 2 aliphatic heterocycles. The molecule has 2 heterocycles. The highest BCUT2D eigenvalue weighted by molar-refractivity contribution is 7.89. The molecule has 0 saturated carbocycles. The maximum Gasteiger partial charge on any atom is 0.255 e. The van der Waals surface area contributed by atoms with Gasteiger partial charge in [-0.3, -0.25) is 4.79 Å². The molecule has 26 heavy (non-hydrogen) atoms. The van der Waals surface area contributed by atoms with Gasteiger partial charge in [-0.2, -0.15) is 4.31 Å². The highest BCUT2D eigenvalue weighted by atomic mass is 35.5. The Hall–Kier alpha value is -1.15. The molecule has 0 unspecified atom stereocenters. The van der Waals surface area contributed by atoms with Crippen LogP contribution in [0.1, 0.15) is 36.0 Å². The van der Waals surface area contributed by atoms with Crippen molar-refractivity contribution in [1.29, 1.82) is 0 Å². The molecular weight excluding hydrogens is 374 g/mol. The monoisotopic (exact) mass is 399 g/mol. The summed E-state index contributed by atoms with van der Waals surface area (Å²) in [5.74, 6) is -0.174. The van der Waals surface area contributed by atoms with E-state index < -0.39 is 10.0 Å². The summed E-state index contributed by atoms with van der Waals surface area (Å²) in [6.45, 7) is 3.71. The number of halogens is 1. The Labute approximate surface area is 160 Å². The molecule has 0 radical (unpaired) electrons. The van der Waals surface area contributed by atoms with Crippen molar-refractivity contribution in [3.05, 3.63) is 28.8 Å². The molecule has 1 amide bonds. The molecular formula is C18H26ClN3O3S. The van der Waals surface area contributed by atoms with Crippen LogP contribution in [0.15, 0.2) is 23.1 Å². The van der Waals surface area contributed by atoms with E-state index in [1.165, 1.54) is 22.5 Å². The SMILES string of the molecule is CN1CCN(S(=O)(=O)c2ccc(Cl)c(C(=O)N3CCCCCC3)c2)CC1. The van der Waals surface area contributed by atoms with Gasteiger partial charge in [-0.05, 0) is 38.1 Å². The number of nitrogens with zero attached hydrogens (tertiary/aromatic N) is 3. The summed E-state index contributed by atoms with van der Waals surface area (Å²) in [7, 11) is -1.64. The van der Waals surface area contributed by atoms with Crippen LogP contribution in [0, 0.1) is 0 Å². The van der Waals surface area contributed by atoms with Crippen molar-refractivity contribution in [2.75, 3.05) is 46.3 Å². The van der Waals surface area contributed by atoms with Crippen molar-refractivity contribution >= 4 is 27.5 Å². The van der Waals surface area contributed by atoms with Crippen LogP contribution >= 0.6 is 11.6 Å². The summed E-state index contributed by atoms with van der Waals surface area (Å²) in [6, 6.07) is 4.47. The van der Waals surface area contributed by atoms with Gasteiger partial charge in [0.15, 0.2) is 0 Å². The number of likely N-dealkylation sites (tertiary alicyclic amines) is 1. The Morgan fingerprint density at radius 3 is 2.19 bits per heavy atom. The van der Waals surface area contributed by atoms with E-state index in [2.05, 4.69) is 4.90 Å². The maximum atomic E-state index is 13.0. The van der Waals surface area contributed by atoms with Gasteiger partial charge in [0.2, 0.25) is 10.0 Å². The Bertz CT molecular complexity index is 753. The van der Waals surface area contributed by atoms with Gasteiger partial charge in [-0.25, -0.2) is 8.42 Å². The Kier molecular flexibility index (Phi) is 6.22. The molecule has 0 spiro atoms. The molecule has 3 rings (SSSR count). The lowest BCUT2D eigenvalue weighted by atomic mass is 10.2. The first kappa shape index (κ1) is 19.6. The summed E-state index contributed by atoms with van der Waals surface area (Å²) in [5, 5.41) is 0.302. The zero-order valence-corrected chi connectivity index (χ0v) is 16.7. The quantitative estimate of drug-likeness (QED) is 0.782. The standard InChI is InChI=1S/C18H26ClN3O3S/c1-20-10-12-22(13-11-20)26(24,25)15-6-7-17(19)16(14-15)18(23)21-8-4-2-3-5-9-21/h6-7,14H,2-5,8-13H2,1H3. The molecule has 0 atom stereocenters. The largest absolute Gasteiger partial charge is 0.339 e. The fourth-order valence-electron chi connectivity index (χ4n) is 3.45. The molecule has 0 N–H and O–H groups in total. The Morgan fingerprint density at radius 2 is 1.58 bits per heavy atom. The fraction of sp³-hybridized carbons (Fsp3) is 0.611. The number of hydrogen-bond donors (Lipinski definition) is 0. The molecule has 2 fully saturated rings. The average Bonchev–Trinajstić information content (AvgIpc) is 2.91. The van der Waals surface area contributed by atoms with Gasteiger partial charge >= 0.3 is 0 Å². The predicted octanol–water partition coefficient (Wildman–Crippen LogP) is 2.29. The van der Waals surface area contributed by atoms with Crippen LogP contribution in [0.5, 0.6) is 0 Å². The van der Waals surface area contributed by atoms with E-state index in [1.54, 1.807) is 4.90 Å². The minimum atomic E-state index is -3.62. The number of amides is 1. The number of hydrogen-bond acceptors (Lipinski definition) is 4. The molecule has 2 aliphatic rings. The van der Waals surface area contributed by atoms with E-state index in [9.17, 15) is 13.2 Å². The number of carbonyl (C=O) groups excluding carboxylic acids is 1. The van der Waals surface area contributed by atoms with Crippen molar-refractivity contribution in [1.82, 2.24) is 14.1 Å². The third-order valence-electron chi connectivity index (χ3n) is 5.16. The molecule has 1 aromatic rings. The van der Waals surface area contributed by atoms with E-state index in [1.807, 2.05) is 7.05 Å². The molecule has 0 aromatic heterocycles. The number of benzene rings is 1. The normalized spacial score (nSPS) is 20.8. The van der Waals surface area contributed by atoms with E-state index in [0.717, 1.165) is 25.7 Å². The molecule has 2 saturated heterocycles. The highest BCUT2D eigenvalue weighted by Crippen LogP contribution is 2.25. The van der Waals surface area contributed by atoms with Crippen LogP contribution in [0.2, 0.25) is 5.02 Å². The van der Waals surface area contributed by atoms with Crippen molar-refractivity contribution in [2.24, 2.45) is 0 Å². The number of likely N-dealkylation sites (N-methyl/N-ethyl adjacent to an activating group) is 1. The Morgan fingerprint density at radius 1 is 0.962 bits per heavy atom. The third-order valence-corrected chi connectivity index (χ3v) is 7.39. The van der Waals surface area contributed by atoms with Crippen LogP contribution in [-0.4, -0.2) is 74.7 Å². The second-order valence-corrected chi connectivity index (χ2v) is 9.40. The second-order valence-electron chi connectivity index (χ2n) is 7.06. The van der Waals surface area contributed by atoms with Gasteiger partial charge < -0.3 is 9.80 Å². The van der Waals surface area contributed by atoms with Crippen LogP contribution in [0.4, 0.5) is 0 Å². The average molecular weight is 400 g/mol. The number of sulfonamides is 1. The first-order valence-electron chi connectivity index (χ1n) is 9.17. The van der Waals surface area contributed by atoms with Crippen LogP contribution in [0.25, 0.3) is 0 Å². The minimum absolute atomic E-state index is 0.143. The van der Waals surface area contributed by atoms with Crippen LogP contribution < -0.4 is 0 Å². The first-order valence-corrected chi connectivity index (χ1v) is 11.0. The lowest BCUT2D eigenvalue weighted by molar-refractivity contribution is 0.0761. The van der Waals surface area contributed by atoms with E-state index in [-0.39, 0.29) is 16.4 Å². The number of carbonyl (C=O) groups is 1. The predicted molar refractivity (Wildman–Crippen MR) is 102 cm³/mol. The lowest BCUT2D eigenvalue weighted by Gasteiger charge is -2.31. The summed E-state index contributed by atoms with van der Waals surface area (Å²) < 4.78 is 27.4. The van der Waals surface area contributed by atoms with E-state index in [0.29, 0.717) is 44.3 Å². The Balaban J connectivity index is 1.86. The van der Waals surface area contributed by atoms with Crippen molar-refractivity contribution < 1.29 is 13.2 Å². The summed E-state index contributed by atoms with van der Waals surface area (Å²) in [6.07, 6.45) is 4.19. The molecule has 0 aliphatic carbocycles. The molecule has 6 nitrogen and oxygen atoms in total. The maximum absolute atomic E-state index is 13.0. The van der Waals surface area contributed by atoms with Crippen molar-refractivity contribution in [2.45, 2.75) is 30.6 Å². The number of rotatable bonds is 3. The van der Waals surface area contributed by atoms with Gasteiger partial charge in [0.1, 0.15) is 0 Å². The van der Waals surface area contributed by atoms with Crippen molar-refractivity contribution in [3.8, 4) is 0 Å². The summed E-state index contributed by atoms with van der Waals surface area (Å²) >= 11 is 6.24. The molecule has 0 bridgehead atoms. The highest BCUT2D eigenvalue weighted by Gasteiger charge is 2.29. The van der Waals surface area contributed by atoms with Gasteiger partial charge in [-0.15, -0.1) is 0 Å². The van der Waals surface area contributed by atoms with E-state index in [4.69, 9.17) is 11.6 Å². The summed E-state index contributed by atoms with van der Waals surface area (Å²) in [5.41, 5.74) is 0.281.